The number of furan rings is 1. The molecule has 1 aliphatic carbocycles. The topological polar surface area (TPSA) is 45.4 Å². The van der Waals surface area contributed by atoms with Crippen LogP contribution in [0.3, 0.4) is 0 Å². The highest BCUT2D eigenvalue weighted by Gasteiger charge is 2.36. The molecule has 1 fully saturated rings. The lowest BCUT2D eigenvalue weighted by atomic mass is 9.89. The molecule has 0 bridgehead atoms. The number of hydrogen-bond acceptors (Lipinski definition) is 3. The summed E-state index contributed by atoms with van der Waals surface area (Å²) in [6, 6.07) is 4.21. The lowest BCUT2D eigenvalue weighted by molar-refractivity contribution is 0.148. The van der Waals surface area contributed by atoms with Gasteiger partial charge >= 0.3 is 0 Å². The Morgan fingerprint density at radius 3 is 2.79 bits per heavy atom. The minimum Gasteiger partial charge on any atom is -0.464 e. The van der Waals surface area contributed by atoms with E-state index in [4.69, 9.17) is 4.42 Å². The Kier molecular flexibility index (Phi) is 4.69. The van der Waals surface area contributed by atoms with E-state index < -0.39 is 0 Å². The van der Waals surface area contributed by atoms with Crippen molar-refractivity contribution in [3.05, 3.63) is 23.7 Å². The van der Waals surface area contributed by atoms with Crippen LogP contribution in [0.1, 0.15) is 57.5 Å². The van der Waals surface area contributed by atoms with E-state index in [2.05, 4.69) is 38.2 Å². The van der Waals surface area contributed by atoms with Crippen LogP contribution in [0.2, 0.25) is 0 Å². The molecule has 2 atom stereocenters. The molecule has 0 spiro atoms. The summed E-state index contributed by atoms with van der Waals surface area (Å²) in [6.07, 6.45) is 3.40. The summed E-state index contributed by atoms with van der Waals surface area (Å²) in [4.78, 5) is 0. The largest absolute Gasteiger partial charge is 0.464 e. The van der Waals surface area contributed by atoms with Gasteiger partial charge in [-0.05, 0) is 49.3 Å². The summed E-state index contributed by atoms with van der Waals surface area (Å²) in [5.74, 6) is 3.66. The van der Waals surface area contributed by atoms with E-state index in [0.29, 0.717) is 5.92 Å². The minimum absolute atomic E-state index is 0.0433. The van der Waals surface area contributed by atoms with Crippen LogP contribution in [-0.2, 0) is 6.54 Å². The molecule has 0 radical (unpaired) electrons. The highest BCUT2D eigenvalue weighted by molar-refractivity contribution is 5.17. The maximum Gasteiger partial charge on any atom is 0.117 e. The first kappa shape index (κ1) is 14.6. The Hall–Kier alpha value is -0.800. The summed E-state index contributed by atoms with van der Waals surface area (Å²) < 4.78 is 5.84. The second-order valence-electron chi connectivity index (χ2n) is 6.73. The molecule has 0 aliphatic heterocycles. The van der Waals surface area contributed by atoms with Crippen molar-refractivity contribution in [3.8, 4) is 0 Å². The smallest absolute Gasteiger partial charge is 0.117 e. The van der Waals surface area contributed by atoms with Crippen molar-refractivity contribution in [2.24, 2.45) is 11.3 Å². The lowest BCUT2D eigenvalue weighted by Gasteiger charge is -2.21. The summed E-state index contributed by atoms with van der Waals surface area (Å²) in [7, 11) is 0. The molecule has 2 N–H and O–H groups in total. The zero-order valence-electron chi connectivity index (χ0n) is 12.4. The molecule has 3 nitrogen and oxygen atoms in total. The summed E-state index contributed by atoms with van der Waals surface area (Å²) in [6.45, 7) is 8.51. The Morgan fingerprint density at radius 1 is 1.42 bits per heavy atom. The number of aliphatic hydroxyl groups excluding tert-OH is 1. The second-order valence-corrected chi connectivity index (χ2v) is 6.73. The number of nitrogens with one attached hydrogen (secondary N) is 1. The number of hydrogen-bond donors (Lipinski definition) is 2. The third kappa shape index (κ3) is 4.36. The van der Waals surface area contributed by atoms with Gasteiger partial charge < -0.3 is 14.8 Å². The molecule has 1 aliphatic rings. The summed E-state index contributed by atoms with van der Waals surface area (Å²) in [5.41, 5.74) is 0.0433. The molecule has 1 aromatic heterocycles. The van der Waals surface area contributed by atoms with Crippen molar-refractivity contribution in [2.75, 3.05) is 13.2 Å². The zero-order valence-corrected chi connectivity index (χ0v) is 12.4. The first-order valence-electron chi connectivity index (χ1n) is 7.42. The van der Waals surface area contributed by atoms with Gasteiger partial charge in [-0.2, -0.15) is 0 Å². The number of aliphatic hydroxyl groups is 1. The number of rotatable bonds is 8. The summed E-state index contributed by atoms with van der Waals surface area (Å²) >= 11 is 0. The lowest BCUT2D eigenvalue weighted by Crippen LogP contribution is -2.20. The molecule has 1 aromatic rings. The van der Waals surface area contributed by atoms with E-state index in [-0.39, 0.29) is 12.0 Å². The summed E-state index contributed by atoms with van der Waals surface area (Å²) in [5, 5.41) is 12.6. The van der Waals surface area contributed by atoms with Crippen LogP contribution in [0.4, 0.5) is 0 Å². The Bertz CT molecular complexity index is 397. The van der Waals surface area contributed by atoms with Gasteiger partial charge in [-0.1, -0.05) is 20.8 Å². The van der Waals surface area contributed by atoms with Gasteiger partial charge in [0.05, 0.1) is 6.54 Å². The molecule has 2 unspecified atom stereocenters. The molecule has 1 saturated carbocycles. The fourth-order valence-corrected chi connectivity index (χ4v) is 2.39. The van der Waals surface area contributed by atoms with Gasteiger partial charge in [0, 0.05) is 12.5 Å². The average molecular weight is 265 g/mol. The van der Waals surface area contributed by atoms with Crippen molar-refractivity contribution >= 4 is 0 Å². The molecule has 0 amide bonds. The Balaban J connectivity index is 1.62. The highest BCUT2D eigenvalue weighted by atomic mass is 16.3. The van der Waals surface area contributed by atoms with Crippen LogP contribution in [0.5, 0.6) is 0 Å². The van der Waals surface area contributed by atoms with Crippen molar-refractivity contribution in [2.45, 2.75) is 52.5 Å². The van der Waals surface area contributed by atoms with Crippen LogP contribution in [-0.4, -0.2) is 18.3 Å². The zero-order chi connectivity index (χ0) is 13.9. The fraction of sp³-hybridized carbons (Fsp3) is 0.750. The van der Waals surface area contributed by atoms with E-state index in [1.165, 1.54) is 6.42 Å². The third-order valence-electron chi connectivity index (χ3n) is 4.09. The Labute approximate surface area is 116 Å². The van der Waals surface area contributed by atoms with Gasteiger partial charge in [0.25, 0.3) is 0 Å². The SMILES string of the molecule is CC1CC1c1ccc(CNCCCC(C)(C)CO)o1. The van der Waals surface area contributed by atoms with E-state index in [1.54, 1.807) is 0 Å². The maximum atomic E-state index is 9.18. The minimum atomic E-state index is 0.0433. The molecular weight excluding hydrogens is 238 g/mol. The first-order chi connectivity index (χ1) is 9.02. The van der Waals surface area contributed by atoms with Gasteiger partial charge in [0.2, 0.25) is 0 Å². The first-order valence-corrected chi connectivity index (χ1v) is 7.42. The molecule has 2 rings (SSSR count). The van der Waals surface area contributed by atoms with E-state index in [1.807, 2.05) is 0 Å². The molecule has 0 saturated heterocycles. The predicted molar refractivity (Wildman–Crippen MR) is 77.0 cm³/mol. The van der Waals surface area contributed by atoms with Crippen LogP contribution < -0.4 is 5.32 Å². The standard InChI is InChI=1S/C16H27NO2/c1-12-9-14(12)15-6-5-13(19-15)10-17-8-4-7-16(2,3)11-18/h5-6,12,14,17-18H,4,7-11H2,1-3H3. The monoisotopic (exact) mass is 265 g/mol. The van der Waals surface area contributed by atoms with Crippen molar-refractivity contribution in [3.63, 3.8) is 0 Å². The molecule has 108 valence electrons. The van der Waals surface area contributed by atoms with Gasteiger partial charge in [0.15, 0.2) is 0 Å². The normalized spacial score (nSPS) is 22.7. The molecule has 19 heavy (non-hydrogen) atoms. The second kappa shape index (κ2) is 6.10. The molecule has 1 heterocycles. The van der Waals surface area contributed by atoms with Gasteiger partial charge in [-0.25, -0.2) is 0 Å². The molecule has 0 aromatic carbocycles. The highest BCUT2D eigenvalue weighted by Crippen LogP contribution is 2.47. The average Bonchev–Trinajstić information content (AvgIpc) is 2.91. The van der Waals surface area contributed by atoms with Gasteiger partial charge in [-0.3, -0.25) is 0 Å². The van der Waals surface area contributed by atoms with Crippen LogP contribution in [0, 0.1) is 11.3 Å². The fourth-order valence-electron chi connectivity index (χ4n) is 2.39. The van der Waals surface area contributed by atoms with Crippen molar-refractivity contribution in [1.29, 1.82) is 0 Å². The van der Waals surface area contributed by atoms with E-state index in [0.717, 1.165) is 43.4 Å². The third-order valence-corrected chi connectivity index (χ3v) is 4.09. The molecular formula is C16H27NO2. The quantitative estimate of drug-likeness (QED) is 0.709. The van der Waals surface area contributed by atoms with Gasteiger partial charge in [-0.15, -0.1) is 0 Å². The van der Waals surface area contributed by atoms with Gasteiger partial charge in [0.1, 0.15) is 11.5 Å². The van der Waals surface area contributed by atoms with Crippen LogP contribution in [0.15, 0.2) is 16.5 Å². The maximum absolute atomic E-state index is 9.18. The van der Waals surface area contributed by atoms with Crippen molar-refractivity contribution in [1.82, 2.24) is 5.32 Å². The molecule has 3 heteroatoms. The van der Waals surface area contributed by atoms with E-state index in [9.17, 15) is 5.11 Å². The van der Waals surface area contributed by atoms with Crippen molar-refractivity contribution < 1.29 is 9.52 Å². The van der Waals surface area contributed by atoms with Crippen LogP contribution >= 0.6 is 0 Å². The predicted octanol–water partition coefficient (Wildman–Crippen LogP) is 3.29. The van der Waals surface area contributed by atoms with E-state index >= 15 is 0 Å². The van der Waals surface area contributed by atoms with Crippen LogP contribution in [0.25, 0.3) is 0 Å². The Morgan fingerprint density at radius 2 is 2.16 bits per heavy atom.